The van der Waals surface area contributed by atoms with Crippen molar-refractivity contribution >= 4 is 11.3 Å². The Morgan fingerprint density at radius 2 is 1.93 bits per heavy atom. The first-order valence-corrected chi connectivity index (χ1v) is 10.3. The minimum Gasteiger partial charge on any atom is -0.419 e. The molecule has 150 valence electrons. The molecule has 4 rings (SSSR count). The summed E-state index contributed by atoms with van der Waals surface area (Å²) in [6.07, 6.45) is 0.980. The Kier molecular flexibility index (Phi) is 5.82. The maximum atomic E-state index is 13.2. The molecule has 6 nitrogen and oxygen atoms in total. The van der Waals surface area contributed by atoms with Crippen LogP contribution >= 0.6 is 11.3 Å². The van der Waals surface area contributed by atoms with Gasteiger partial charge in [-0.1, -0.05) is 18.1 Å². The van der Waals surface area contributed by atoms with Crippen molar-refractivity contribution in [2.45, 2.75) is 33.4 Å². The topological polar surface area (TPSA) is 68.2 Å². The fourth-order valence-electron chi connectivity index (χ4n) is 3.14. The lowest BCUT2D eigenvalue weighted by Crippen LogP contribution is -2.24. The Morgan fingerprint density at radius 1 is 1.10 bits per heavy atom. The molecule has 4 aromatic rings. The summed E-state index contributed by atoms with van der Waals surface area (Å²) in [5, 5.41) is 14.6. The van der Waals surface area contributed by atoms with E-state index < -0.39 is 0 Å². The van der Waals surface area contributed by atoms with E-state index in [1.807, 2.05) is 24.4 Å². The average Bonchev–Trinajstić information content (AvgIpc) is 3.45. The van der Waals surface area contributed by atoms with Crippen molar-refractivity contribution < 1.29 is 13.3 Å². The lowest BCUT2D eigenvalue weighted by atomic mass is 10.1. The maximum absolute atomic E-state index is 13.2. The predicted molar refractivity (Wildman–Crippen MR) is 109 cm³/mol. The molecule has 0 saturated heterocycles. The van der Waals surface area contributed by atoms with Crippen molar-refractivity contribution in [3.8, 4) is 22.1 Å². The second-order valence-corrected chi connectivity index (χ2v) is 7.73. The summed E-state index contributed by atoms with van der Waals surface area (Å²) in [4.78, 5) is 3.16. The van der Waals surface area contributed by atoms with E-state index in [2.05, 4.69) is 27.2 Å². The van der Waals surface area contributed by atoms with Gasteiger partial charge < -0.3 is 8.94 Å². The molecule has 29 heavy (non-hydrogen) atoms. The third kappa shape index (κ3) is 4.44. The summed E-state index contributed by atoms with van der Waals surface area (Å²) in [7, 11) is 0. The molecule has 0 N–H and O–H groups in total. The predicted octanol–water partition coefficient (Wildman–Crippen LogP) is 5.31. The molecule has 8 heteroatoms. The molecule has 1 aromatic carbocycles. The second-order valence-electron chi connectivity index (χ2n) is 6.78. The smallest absolute Gasteiger partial charge is 0.257 e. The zero-order chi connectivity index (χ0) is 20.2. The minimum atomic E-state index is -0.276. The molecule has 0 radical (unpaired) electrons. The first-order chi connectivity index (χ1) is 14.1. The number of nitrogens with zero attached hydrogens (tertiary/aromatic N) is 4. The van der Waals surface area contributed by atoms with E-state index in [1.54, 1.807) is 23.5 Å². The fourth-order valence-corrected chi connectivity index (χ4v) is 3.78. The molecule has 0 aliphatic carbocycles. The highest BCUT2D eigenvalue weighted by molar-refractivity contribution is 7.13. The standard InChI is InChI=1S/C21H21FN4O2S/c1-3-10-26(13-19-23-24-21(27-19)18-5-4-11-29-18)12-17-14(2)20(28-25-17)15-6-8-16(22)9-7-15/h4-9,11H,3,10,12-13H2,1-2H3. The van der Waals surface area contributed by atoms with Gasteiger partial charge in [0, 0.05) is 17.7 Å². The van der Waals surface area contributed by atoms with Gasteiger partial charge >= 0.3 is 0 Å². The van der Waals surface area contributed by atoms with E-state index in [0.717, 1.165) is 34.7 Å². The molecule has 0 aliphatic rings. The van der Waals surface area contributed by atoms with Crippen LogP contribution in [-0.2, 0) is 13.1 Å². The average molecular weight is 412 g/mol. The van der Waals surface area contributed by atoms with E-state index in [9.17, 15) is 4.39 Å². The van der Waals surface area contributed by atoms with Crippen molar-refractivity contribution in [1.82, 2.24) is 20.3 Å². The Labute approximate surface area is 172 Å². The van der Waals surface area contributed by atoms with Gasteiger partial charge in [-0.25, -0.2) is 4.39 Å². The number of hydrogen-bond donors (Lipinski definition) is 0. The Bertz CT molecular complexity index is 1060. The van der Waals surface area contributed by atoms with Gasteiger partial charge in [0.05, 0.1) is 11.4 Å². The van der Waals surface area contributed by atoms with Gasteiger partial charge in [0.1, 0.15) is 11.5 Å². The van der Waals surface area contributed by atoms with Crippen molar-refractivity contribution in [1.29, 1.82) is 0 Å². The highest BCUT2D eigenvalue weighted by Gasteiger charge is 2.19. The van der Waals surface area contributed by atoms with E-state index >= 15 is 0 Å². The molecule has 0 atom stereocenters. The van der Waals surface area contributed by atoms with Gasteiger partial charge in [-0.2, -0.15) is 0 Å². The van der Waals surface area contributed by atoms with Crippen molar-refractivity contribution in [2.75, 3.05) is 6.54 Å². The van der Waals surface area contributed by atoms with Crippen LogP contribution in [0.5, 0.6) is 0 Å². The summed E-state index contributed by atoms with van der Waals surface area (Å²) in [6.45, 7) is 6.08. The molecule has 0 spiro atoms. The van der Waals surface area contributed by atoms with Gasteiger partial charge in [-0.05, 0) is 55.6 Å². The monoisotopic (exact) mass is 412 g/mol. The number of hydrogen-bond acceptors (Lipinski definition) is 7. The lowest BCUT2D eigenvalue weighted by Gasteiger charge is -2.18. The van der Waals surface area contributed by atoms with Crippen LogP contribution < -0.4 is 0 Å². The van der Waals surface area contributed by atoms with Crippen LogP contribution in [-0.4, -0.2) is 26.8 Å². The molecular formula is C21H21FN4O2S. The quantitative estimate of drug-likeness (QED) is 0.390. The van der Waals surface area contributed by atoms with Crippen molar-refractivity contribution in [2.24, 2.45) is 0 Å². The third-order valence-corrected chi connectivity index (χ3v) is 5.46. The Morgan fingerprint density at radius 3 is 2.66 bits per heavy atom. The van der Waals surface area contributed by atoms with E-state index in [-0.39, 0.29) is 5.82 Å². The van der Waals surface area contributed by atoms with E-state index in [1.165, 1.54) is 12.1 Å². The highest BCUT2D eigenvalue weighted by atomic mass is 32.1. The summed E-state index contributed by atoms with van der Waals surface area (Å²) < 4.78 is 24.6. The molecule has 0 aliphatic heterocycles. The van der Waals surface area contributed by atoms with Gasteiger partial charge in [0.25, 0.3) is 5.89 Å². The minimum absolute atomic E-state index is 0.276. The van der Waals surface area contributed by atoms with E-state index in [4.69, 9.17) is 8.94 Å². The molecule has 0 bridgehead atoms. The second kappa shape index (κ2) is 8.67. The SMILES string of the molecule is CCCN(Cc1nnc(-c2cccs2)o1)Cc1noc(-c2ccc(F)cc2)c1C. The normalized spacial score (nSPS) is 11.4. The molecular weight excluding hydrogens is 391 g/mol. The number of thiophene rings is 1. The number of rotatable bonds is 8. The summed E-state index contributed by atoms with van der Waals surface area (Å²) >= 11 is 1.57. The summed E-state index contributed by atoms with van der Waals surface area (Å²) in [5.41, 5.74) is 2.60. The number of aromatic nitrogens is 3. The highest BCUT2D eigenvalue weighted by Crippen LogP contribution is 2.27. The zero-order valence-electron chi connectivity index (χ0n) is 16.3. The fraction of sp³-hybridized carbons (Fsp3) is 0.286. The third-order valence-electron chi connectivity index (χ3n) is 4.60. The van der Waals surface area contributed by atoms with Gasteiger partial charge in [0.2, 0.25) is 5.89 Å². The first-order valence-electron chi connectivity index (χ1n) is 9.43. The Hall–Kier alpha value is -2.84. The summed E-state index contributed by atoms with van der Waals surface area (Å²) in [5.74, 6) is 1.50. The summed E-state index contributed by atoms with van der Waals surface area (Å²) in [6, 6.07) is 10.1. The van der Waals surface area contributed by atoms with Crippen molar-refractivity contribution in [3.05, 3.63) is 64.7 Å². The van der Waals surface area contributed by atoms with Gasteiger partial charge in [0.15, 0.2) is 5.76 Å². The number of halogens is 1. The molecule has 0 saturated carbocycles. The number of benzene rings is 1. The van der Waals surface area contributed by atoms with E-state index in [0.29, 0.717) is 30.6 Å². The lowest BCUT2D eigenvalue weighted by molar-refractivity contribution is 0.225. The van der Waals surface area contributed by atoms with Crippen LogP contribution in [0.15, 0.2) is 50.7 Å². The zero-order valence-corrected chi connectivity index (χ0v) is 17.1. The maximum Gasteiger partial charge on any atom is 0.257 e. The molecule has 0 fully saturated rings. The first kappa shape index (κ1) is 19.5. The van der Waals surface area contributed by atoms with Crippen LogP contribution in [0.1, 0.15) is 30.5 Å². The van der Waals surface area contributed by atoms with Crippen LogP contribution in [0.2, 0.25) is 0 Å². The molecule has 0 unspecified atom stereocenters. The van der Waals surface area contributed by atoms with Crippen LogP contribution in [0.4, 0.5) is 4.39 Å². The molecule has 3 aromatic heterocycles. The molecule has 0 amide bonds. The van der Waals surface area contributed by atoms with Crippen LogP contribution in [0, 0.1) is 12.7 Å². The van der Waals surface area contributed by atoms with Crippen LogP contribution in [0.25, 0.3) is 22.1 Å². The van der Waals surface area contributed by atoms with Gasteiger partial charge in [-0.3, -0.25) is 4.90 Å². The largest absolute Gasteiger partial charge is 0.419 e. The molecule has 3 heterocycles. The van der Waals surface area contributed by atoms with Crippen LogP contribution in [0.3, 0.4) is 0 Å². The van der Waals surface area contributed by atoms with Crippen molar-refractivity contribution in [3.63, 3.8) is 0 Å². The van der Waals surface area contributed by atoms with Gasteiger partial charge in [-0.15, -0.1) is 21.5 Å². The Balaban J connectivity index is 1.49.